The molecule has 1 N–H and O–H groups in total. The van der Waals surface area contributed by atoms with Gasteiger partial charge in [-0.15, -0.1) is 0 Å². The molecule has 0 unspecified atom stereocenters. The molecule has 7 heteroatoms. The van der Waals surface area contributed by atoms with Crippen molar-refractivity contribution in [1.82, 2.24) is 10.2 Å². The number of hydrogen-bond acceptors (Lipinski definition) is 5. The molecule has 0 spiro atoms. The molecular weight excluding hydrogens is 372 g/mol. The number of methoxy groups -OCH3 is 1. The van der Waals surface area contributed by atoms with Crippen LogP contribution in [0.25, 0.3) is 0 Å². The number of carbonyl (C=O) groups excluding carboxylic acids is 3. The van der Waals surface area contributed by atoms with Crippen LogP contribution in [-0.2, 0) is 25.5 Å². The summed E-state index contributed by atoms with van der Waals surface area (Å²) >= 11 is 0. The van der Waals surface area contributed by atoms with Gasteiger partial charge in [0.1, 0.15) is 17.7 Å². The molecule has 2 atom stereocenters. The predicted molar refractivity (Wildman–Crippen MR) is 111 cm³/mol. The molecule has 7 nitrogen and oxygen atoms in total. The number of amides is 2. The maximum atomic E-state index is 13.0. The van der Waals surface area contributed by atoms with E-state index in [2.05, 4.69) is 5.32 Å². The monoisotopic (exact) mass is 406 g/mol. The molecule has 2 amide bonds. The molecule has 0 heterocycles. The molecule has 0 aromatic heterocycles. The summed E-state index contributed by atoms with van der Waals surface area (Å²) in [6.07, 6.45) is 0.140. The Morgan fingerprint density at radius 2 is 1.69 bits per heavy atom. The Balaban J connectivity index is 3.00. The Bertz CT molecular complexity index is 682. The van der Waals surface area contributed by atoms with Crippen molar-refractivity contribution in [2.75, 3.05) is 14.2 Å². The van der Waals surface area contributed by atoms with Crippen LogP contribution in [0.15, 0.2) is 30.3 Å². The molecule has 162 valence electrons. The first-order valence-corrected chi connectivity index (χ1v) is 9.82. The molecule has 0 saturated heterocycles. The van der Waals surface area contributed by atoms with Crippen LogP contribution in [0.5, 0.6) is 0 Å². The zero-order valence-corrected chi connectivity index (χ0v) is 18.5. The fourth-order valence-corrected chi connectivity index (χ4v) is 2.80. The molecule has 0 aliphatic carbocycles. The second-order valence-corrected chi connectivity index (χ2v) is 8.51. The third kappa shape index (κ3) is 8.54. The maximum absolute atomic E-state index is 13.0. The molecule has 29 heavy (non-hydrogen) atoms. The molecule has 0 saturated carbocycles. The van der Waals surface area contributed by atoms with E-state index < -0.39 is 35.7 Å². The highest BCUT2D eigenvalue weighted by molar-refractivity contribution is 5.89. The van der Waals surface area contributed by atoms with E-state index in [4.69, 9.17) is 9.47 Å². The van der Waals surface area contributed by atoms with E-state index in [0.717, 1.165) is 5.56 Å². The van der Waals surface area contributed by atoms with Gasteiger partial charge in [-0.05, 0) is 38.7 Å². The fourth-order valence-electron chi connectivity index (χ4n) is 2.80. The first-order chi connectivity index (χ1) is 13.4. The third-order valence-electron chi connectivity index (χ3n) is 4.23. The summed E-state index contributed by atoms with van der Waals surface area (Å²) in [5, 5.41) is 2.76. The van der Waals surface area contributed by atoms with Gasteiger partial charge in [0.2, 0.25) is 5.91 Å². The first-order valence-electron chi connectivity index (χ1n) is 9.82. The minimum atomic E-state index is -0.850. The van der Waals surface area contributed by atoms with Gasteiger partial charge >= 0.3 is 12.1 Å². The van der Waals surface area contributed by atoms with Crippen LogP contribution in [-0.4, -0.2) is 54.7 Å². The first kappa shape index (κ1) is 24.5. The minimum absolute atomic E-state index is 0.154. The van der Waals surface area contributed by atoms with Crippen molar-refractivity contribution < 1.29 is 23.9 Å². The Morgan fingerprint density at radius 1 is 1.10 bits per heavy atom. The number of esters is 1. The highest BCUT2D eigenvalue weighted by Gasteiger charge is 2.33. The molecule has 0 fully saturated rings. The number of nitrogens with one attached hydrogen (secondary N) is 1. The van der Waals surface area contributed by atoms with Crippen LogP contribution < -0.4 is 5.32 Å². The number of ether oxygens (including phenoxy) is 2. The zero-order chi connectivity index (χ0) is 22.2. The third-order valence-corrected chi connectivity index (χ3v) is 4.23. The molecular formula is C22H34N2O5. The number of rotatable bonds is 8. The van der Waals surface area contributed by atoms with Gasteiger partial charge in [0.15, 0.2) is 0 Å². The van der Waals surface area contributed by atoms with E-state index in [1.807, 2.05) is 44.2 Å². The smallest absolute Gasteiger partial charge is 0.410 e. The number of nitrogens with zero attached hydrogens (tertiary/aromatic N) is 1. The summed E-state index contributed by atoms with van der Waals surface area (Å²) in [6, 6.07) is 7.74. The van der Waals surface area contributed by atoms with E-state index in [-0.39, 0.29) is 5.92 Å². The van der Waals surface area contributed by atoms with Crippen LogP contribution in [0.4, 0.5) is 4.79 Å². The molecule has 1 rings (SSSR count). The van der Waals surface area contributed by atoms with Gasteiger partial charge in [0.05, 0.1) is 7.11 Å². The van der Waals surface area contributed by atoms with Crippen LogP contribution in [0.1, 0.15) is 46.6 Å². The number of benzene rings is 1. The lowest BCUT2D eigenvalue weighted by Gasteiger charge is -2.31. The van der Waals surface area contributed by atoms with Gasteiger partial charge in [-0.3, -0.25) is 9.69 Å². The lowest BCUT2D eigenvalue weighted by Crippen LogP contribution is -2.54. The van der Waals surface area contributed by atoms with Crippen molar-refractivity contribution in [2.24, 2.45) is 5.92 Å². The summed E-state index contributed by atoms with van der Waals surface area (Å²) in [6.45, 7) is 9.23. The lowest BCUT2D eigenvalue weighted by atomic mass is 10.0. The van der Waals surface area contributed by atoms with E-state index in [1.165, 1.54) is 19.1 Å². The fraction of sp³-hybridized carbons (Fsp3) is 0.591. The second-order valence-electron chi connectivity index (χ2n) is 8.51. The van der Waals surface area contributed by atoms with Crippen molar-refractivity contribution in [3.8, 4) is 0 Å². The lowest BCUT2D eigenvalue weighted by molar-refractivity contribution is -0.145. The topological polar surface area (TPSA) is 84.9 Å². The normalized spacial score (nSPS) is 13.4. The van der Waals surface area contributed by atoms with Crippen molar-refractivity contribution in [1.29, 1.82) is 0 Å². The minimum Gasteiger partial charge on any atom is -0.467 e. The van der Waals surface area contributed by atoms with E-state index in [1.54, 1.807) is 20.8 Å². The molecule has 1 aromatic rings. The highest BCUT2D eigenvalue weighted by atomic mass is 16.6. The van der Waals surface area contributed by atoms with E-state index >= 15 is 0 Å². The molecule has 0 radical (unpaired) electrons. The highest BCUT2D eigenvalue weighted by Crippen LogP contribution is 2.16. The average Bonchev–Trinajstić information content (AvgIpc) is 2.63. The SMILES string of the molecule is COC(=O)[C@H](Cc1ccccc1)NC(=O)[C@H](CC(C)C)N(C)C(=O)OC(C)(C)C. The van der Waals surface area contributed by atoms with Gasteiger partial charge in [0, 0.05) is 13.5 Å². The summed E-state index contributed by atoms with van der Waals surface area (Å²) in [5.41, 5.74) is 0.218. The number of likely N-dealkylation sites (N-methyl/N-ethyl adjacent to an activating group) is 1. The van der Waals surface area contributed by atoms with Crippen LogP contribution >= 0.6 is 0 Å². The van der Waals surface area contributed by atoms with Gasteiger partial charge < -0.3 is 14.8 Å². The van der Waals surface area contributed by atoms with Crippen molar-refractivity contribution in [3.63, 3.8) is 0 Å². The summed E-state index contributed by atoms with van der Waals surface area (Å²) in [5.74, 6) is -0.801. The van der Waals surface area contributed by atoms with Crippen molar-refractivity contribution in [3.05, 3.63) is 35.9 Å². The zero-order valence-electron chi connectivity index (χ0n) is 18.5. The van der Waals surface area contributed by atoms with Crippen LogP contribution in [0, 0.1) is 5.92 Å². The van der Waals surface area contributed by atoms with Gasteiger partial charge in [-0.1, -0.05) is 44.2 Å². The Kier molecular flexibility index (Phi) is 9.14. The average molecular weight is 407 g/mol. The van der Waals surface area contributed by atoms with Gasteiger partial charge in [-0.25, -0.2) is 9.59 Å². The van der Waals surface area contributed by atoms with Crippen LogP contribution in [0.2, 0.25) is 0 Å². The maximum Gasteiger partial charge on any atom is 0.410 e. The largest absolute Gasteiger partial charge is 0.467 e. The molecule has 0 aliphatic rings. The summed E-state index contributed by atoms with van der Waals surface area (Å²) in [7, 11) is 2.82. The molecule has 0 bridgehead atoms. The van der Waals surface area contributed by atoms with Crippen molar-refractivity contribution >= 4 is 18.0 Å². The Labute approximate surface area is 173 Å². The summed E-state index contributed by atoms with van der Waals surface area (Å²) < 4.78 is 10.3. The second kappa shape index (κ2) is 10.8. The van der Waals surface area contributed by atoms with Crippen molar-refractivity contribution in [2.45, 2.75) is 65.1 Å². The predicted octanol–water partition coefficient (Wildman–Crippen LogP) is 3.17. The van der Waals surface area contributed by atoms with E-state index in [9.17, 15) is 14.4 Å². The Morgan fingerprint density at radius 3 is 2.17 bits per heavy atom. The standard InChI is InChI=1S/C22H34N2O5/c1-15(2)13-18(24(6)21(27)29-22(3,4)5)19(25)23-17(20(26)28-7)14-16-11-9-8-10-12-16/h8-12,15,17-18H,13-14H2,1-7H3,(H,23,25)/t17-,18-/m0/s1. The van der Waals surface area contributed by atoms with Crippen LogP contribution in [0.3, 0.4) is 0 Å². The number of carbonyl (C=O) groups is 3. The van der Waals surface area contributed by atoms with E-state index in [0.29, 0.717) is 12.8 Å². The van der Waals surface area contributed by atoms with Gasteiger partial charge in [0.25, 0.3) is 0 Å². The number of hydrogen-bond donors (Lipinski definition) is 1. The quantitative estimate of drug-likeness (QED) is 0.670. The summed E-state index contributed by atoms with van der Waals surface area (Å²) in [4.78, 5) is 39.1. The molecule has 1 aromatic carbocycles. The Hall–Kier alpha value is -2.57. The molecule has 0 aliphatic heterocycles. The van der Waals surface area contributed by atoms with Gasteiger partial charge in [-0.2, -0.15) is 0 Å².